The van der Waals surface area contributed by atoms with Gasteiger partial charge in [-0.2, -0.15) is 4.31 Å². The number of hydrogen-bond acceptors (Lipinski definition) is 3. The molecule has 5 rings (SSSR count). The van der Waals surface area contributed by atoms with E-state index in [1.54, 1.807) is 16.4 Å². The zero-order valence-electron chi connectivity index (χ0n) is 21.2. The van der Waals surface area contributed by atoms with Gasteiger partial charge in [0.05, 0.1) is 10.5 Å². The molecule has 0 saturated heterocycles. The average Bonchev–Trinajstić information content (AvgIpc) is 3.12. The third-order valence-electron chi connectivity index (χ3n) is 11.4. The summed E-state index contributed by atoms with van der Waals surface area (Å²) < 4.78 is 28.7. The molecule has 4 nitrogen and oxygen atoms in total. The molecule has 0 aromatic heterocycles. The molecular formula is C28H43NO3S. The Hall–Kier alpha value is -0.910. The summed E-state index contributed by atoms with van der Waals surface area (Å²) in [5.41, 5.74) is 0.0729. The number of hydrogen-bond donors (Lipinski definition) is 1. The van der Waals surface area contributed by atoms with Crippen molar-refractivity contribution in [2.24, 2.45) is 34.0 Å². The summed E-state index contributed by atoms with van der Waals surface area (Å²) in [4.78, 5) is 0.404. The van der Waals surface area contributed by atoms with E-state index >= 15 is 0 Å². The molecule has 3 unspecified atom stereocenters. The van der Waals surface area contributed by atoms with Gasteiger partial charge in [-0.3, -0.25) is 0 Å². The molecule has 33 heavy (non-hydrogen) atoms. The maximum atomic E-state index is 13.5. The quantitative estimate of drug-likeness (QED) is 0.598. The van der Waals surface area contributed by atoms with E-state index < -0.39 is 15.6 Å². The first kappa shape index (κ1) is 23.8. The minimum absolute atomic E-state index is 0.0191. The first-order chi connectivity index (χ1) is 15.3. The van der Waals surface area contributed by atoms with Crippen molar-refractivity contribution in [2.75, 3.05) is 7.05 Å². The van der Waals surface area contributed by atoms with Crippen molar-refractivity contribution in [1.29, 1.82) is 0 Å². The highest BCUT2D eigenvalue weighted by atomic mass is 32.2. The SMILES string of the molecule is CN([C@H]1CCC2[C@]3(C)CCC4C[C@](C)(O)CC[C@]4(C)C3CC[C@@]21C)S(=O)(=O)c1ccccc1. The third-order valence-corrected chi connectivity index (χ3v) is 13.2. The van der Waals surface area contributed by atoms with E-state index in [1.165, 1.54) is 19.3 Å². The van der Waals surface area contributed by atoms with Crippen LogP contribution in [0.4, 0.5) is 0 Å². The number of sulfonamides is 1. The molecule has 0 radical (unpaired) electrons. The van der Waals surface area contributed by atoms with Crippen LogP contribution in [0.15, 0.2) is 35.2 Å². The molecule has 184 valence electrons. The number of aliphatic hydroxyl groups is 1. The van der Waals surface area contributed by atoms with Gasteiger partial charge in [0.2, 0.25) is 10.0 Å². The monoisotopic (exact) mass is 473 g/mol. The summed E-state index contributed by atoms with van der Waals surface area (Å²) >= 11 is 0. The summed E-state index contributed by atoms with van der Waals surface area (Å²) in [6, 6.07) is 9.00. The van der Waals surface area contributed by atoms with E-state index in [0.29, 0.717) is 28.1 Å². The fourth-order valence-electron chi connectivity index (χ4n) is 9.61. The second-order valence-electron chi connectivity index (χ2n) is 13.0. The van der Waals surface area contributed by atoms with Gasteiger partial charge in [0.25, 0.3) is 0 Å². The van der Waals surface area contributed by atoms with Crippen molar-refractivity contribution in [3.63, 3.8) is 0 Å². The van der Waals surface area contributed by atoms with Crippen LogP contribution >= 0.6 is 0 Å². The lowest BCUT2D eigenvalue weighted by Crippen LogP contribution is -2.61. The third kappa shape index (κ3) is 3.39. The van der Waals surface area contributed by atoms with Crippen molar-refractivity contribution in [3.05, 3.63) is 30.3 Å². The number of fused-ring (bicyclic) bond motifs is 5. The Morgan fingerprint density at radius 3 is 2.15 bits per heavy atom. The minimum Gasteiger partial charge on any atom is -0.390 e. The standard InChI is InChI=1S/C28H43NO3S/c1-25(30)17-18-26(2)20(19-25)13-15-27(3)22-11-12-24(28(22,4)16-14-23(26)27)29(5)33(31,32)21-9-7-6-8-10-21/h6-10,20,22-24,30H,11-19H2,1-5H3/t20?,22?,23?,24-,25+,26-,27-,28-/m0/s1. The Morgan fingerprint density at radius 1 is 0.818 bits per heavy atom. The van der Waals surface area contributed by atoms with E-state index in [1.807, 2.05) is 32.2 Å². The number of rotatable bonds is 3. The molecule has 1 aromatic rings. The molecule has 0 amide bonds. The highest BCUT2D eigenvalue weighted by Gasteiger charge is 2.66. The molecular weight excluding hydrogens is 430 g/mol. The Balaban J connectivity index is 1.44. The Kier molecular flexibility index (Phi) is 5.44. The molecule has 0 bridgehead atoms. The average molecular weight is 474 g/mol. The van der Waals surface area contributed by atoms with Crippen molar-refractivity contribution >= 4 is 10.0 Å². The van der Waals surface area contributed by atoms with Crippen LogP contribution in [0.1, 0.15) is 85.5 Å². The summed E-state index contributed by atoms with van der Waals surface area (Å²) in [5.74, 6) is 1.84. The maximum Gasteiger partial charge on any atom is 0.243 e. The summed E-state index contributed by atoms with van der Waals surface area (Å²) in [6.07, 6.45) is 9.78. The van der Waals surface area contributed by atoms with Gasteiger partial charge in [0.15, 0.2) is 0 Å². The predicted octanol–water partition coefficient (Wildman–Crippen LogP) is 5.86. The van der Waals surface area contributed by atoms with E-state index in [-0.39, 0.29) is 16.9 Å². The van der Waals surface area contributed by atoms with Gasteiger partial charge in [0.1, 0.15) is 0 Å². The van der Waals surface area contributed by atoms with Crippen molar-refractivity contribution in [2.45, 2.75) is 102 Å². The summed E-state index contributed by atoms with van der Waals surface area (Å²) in [5, 5.41) is 10.8. The van der Waals surface area contributed by atoms with E-state index in [9.17, 15) is 13.5 Å². The molecule has 4 aliphatic carbocycles. The van der Waals surface area contributed by atoms with Crippen molar-refractivity contribution in [3.8, 4) is 0 Å². The normalized spacial score (nSPS) is 47.6. The second kappa shape index (κ2) is 7.54. The lowest BCUT2D eigenvalue weighted by atomic mass is 9.39. The van der Waals surface area contributed by atoms with Crippen LogP contribution in [0.3, 0.4) is 0 Å². The van der Waals surface area contributed by atoms with E-state index in [2.05, 4.69) is 20.8 Å². The van der Waals surface area contributed by atoms with E-state index in [0.717, 1.165) is 38.5 Å². The number of benzene rings is 1. The topological polar surface area (TPSA) is 57.6 Å². The first-order valence-electron chi connectivity index (χ1n) is 13.1. The van der Waals surface area contributed by atoms with Gasteiger partial charge >= 0.3 is 0 Å². The number of nitrogens with zero attached hydrogens (tertiary/aromatic N) is 1. The zero-order valence-corrected chi connectivity index (χ0v) is 22.0. The van der Waals surface area contributed by atoms with Crippen LogP contribution in [-0.4, -0.2) is 36.5 Å². The Bertz CT molecular complexity index is 1010. The molecule has 0 spiro atoms. The molecule has 4 saturated carbocycles. The fourth-order valence-corrected chi connectivity index (χ4v) is 11.1. The maximum absolute atomic E-state index is 13.5. The second-order valence-corrected chi connectivity index (χ2v) is 15.0. The van der Waals surface area contributed by atoms with Crippen LogP contribution in [0.2, 0.25) is 0 Å². The van der Waals surface area contributed by atoms with Gasteiger partial charge < -0.3 is 5.11 Å². The van der Waals surface area contributed by atoms with Gasteiger partial charge in [-0.25, -0.2) is 8.42 Å². The van der Waals surface area contributed by atoms with Crippen LogP contribution in [0.25, 0.3) is 0 Å². The molecule has 4 fully saturated rings. The lowest BCUT2D eigenvalue weighted by Gasteiger charge is -2.66. The zero-order chi connectivity index (χ0) is 23.9. The van der Waals surface area contributed by atoms with Gasteiger partial charge in [-0.1, -0.05) is 39.0 Å². The van der Waals surface area contributed by atoms with Crippen LogP contribution in [-0.2, 0) is 10.0 Å². The molecule has 0 heterocycles. The molecule has 1 N–H and O–H groups in total. The van der Waals surface area contributed by atoms with Crippen LogP contribution in [0.5, 0.6) is 0 Å². The first-order valence-corrected chi connectivity index (χ1v) is 14.5. The minimum atomic E-state index is -3.50. The largest absolute Gasteiger partial charge is 0.390 e. The Labute approximate surface area is 201 Å². The lowest BCUT2D eigenvalue weighted by molar-refractivity contribution is -0.185. The van der Waals surface area contributed by atoms with Gasteiger partial charge in [0, 0.05) is 13.1 Å². The summed E-state index contributed by atoms with van der Waals surface area (Å²) in [6.45, 7) is 9.49. The van der Waals surface area contributed by atoms with Crippen molar-refractivity contribution < 1.29 is 13.5 Å². The smallest absolute Gasteiger partial charge is 0.243 e. The van der Waals surface area contributed by atoms with Crippen LogP contribution < -0.4 is 0 Å². The molecule has 5 heteroatoms. The fraction of sp³-hybridized carbons (Fsp3) is 0.786. The van der Waals surface area contributed by atoms with E-state index in [4.69, 9.17) is 0 Å². The van der Waals surface area contributed by atoms with Gasteiger partial charge in [-0.05, 0) is 111 Å². The van der Waals surface area contributed by atoms with Crippen molar-refractivity contribution in [1.82, 2.24) is 4.31 Å². The molecule has 4 aliphatic rings. The molecule has 1 aromatic carbocycles. The Morgan fingerprint density at radius 2 is 1.45 bits per heavy atom. The highest BCUT2D eigenvalue weighted by Crippen LogP contribution is 2.72. The molecule has 8 atom stereocenters. The summed E-state index contributed by atoms with van der Waals surface area (Å²) in [7, 11) is -1.68. The highest BCUT2D eigenvalue weighted by molar-refractivity contribution is 7.89. The van der Waals surface area contributed by atoms with Crippen LogP contribution in [0, 0.1) is 34.0 Å². The van der Waals surface area contributed by atoms with Gasteiger partial charge in [-0.15, -0.1) is 0 Å². The molecule has 0 aliphatic heterocycles. The predicted molar refractivity (Wildman–Crippen MR) is 132 cm³/mol.